The van der Waals surface area contributed by atoms with Gasteiger partial charge in [0.2, 0.25) is 0 Å². The second-order valence-corrected chi connectivity index (χ2v) is 8.31. The lowest BCUT2D eigenvalue weighted by Gasteiger charge is -2.18. The molecule has 4 rings (SSSR count). The highest BCUT2D eigenvalue weighted by molar-refractivity contribution is 5.95. The van der Waals surface area contributed by atoms with Gasteiger partial charge >= 0.3 is 0 Å². The second-order valence-electron chi connectivity index (χ2n) is 8.31. The number of carbonyl (C=O) groups is 1. The number of nitrogens with one attached hydrogen (secondary N) is 1. The van der Waals surface area contributed by atoms with Crippen molar-refractivity contribution in [3.63, 3.8) is 0 Å². The van der Waals surface area contributed by atoms with Gasteiger partial charge in [-0.05, 0) is 61.2 Å². The van der Waals surface area contributed by atoms with Gasteiger partial charge in [0.15, 0.2) is 5.82 Å². The summed E-state index contributed by atoms with van der Waals surface area (Å²) in [5.41, 5.74) is 4.05. The number of aromatic amines is 1. The minimum Gasteiger partial charge on any atom is -0.342 e. The van der Waals surface area contributed by atoms with Crippen LogP contribution in [-0.2, 0) is 6.42 Å². The van der Waals surface area contributed by atoms with Crippen molar-refractivity contribution in [2.75, 3.05) is 13.6 Å². The zero-order valence-corrected chi connectivity index (χ0v) is 19.0. The number of H-pyrrole nitrogens is 1. The normalized spacial score (nSPS) is 11.2. The van der Waals surface area contributed by atoms with Crippen molar-refractivity contribution >= 4 is 5.91 Å². The van der Waals surface area contributed by atoms with Gasteiger partial charge in [0.25, 0.3) is 5.91 Å². The van der Waals surface area contributed by atoms with E-state index in [-0.39, 0.29) is 17.6 Å². The zero-order chi connectivity index (χ0) is 23.4. The van der Waals surface area contributed by atoms with Crippen LogP contribution in [0.3, 0.4) is 0 Å². The van der Waals surface area contributed by atoms with E-state index in [0.29, 0.717) is 17.9 Å². The van der Waals surface area contributed by atoms with Crippen molar-refractivity contribution in [2.24, 2.45) is 0 Å². The number of aromatic nitrogens is 5. The largest absolute Gasteiger partial charge is 0.342 e. The number of hydrogen-bond acceptors (Lipinski definition) is 4. The number of carbonyl (C=O) groups excluding carboxylic acids is 1. The van der Waals surface area contributed by atoms with Crippen LogP contribution in [0.4, 0.5) is 4.39 Å². The van der Waals surface area contributed by atoms with Gasteiger partial charge in [-0.1, -0.05) is 19.9 Å². The molecular formula is C25H27FN6O. The third-order valence-electron chi connectivity index (χ3n) is 5.51. The molecule has 0 radical (unpaired) electrons. The molecule has 33 heavy (non-hydrogen) atoms. The first kappa shape index (κ1) is 22.4. The summed E-state index contributed by atoms with van der Waals surface area (Å²) in [4.78, 5) is 19.3. The molecule has 0 spiro atoms. The first-order valence-corrected chi connectivity index (χ1v) is 11.0. The zero-order valence-electron chi connectivity index (χ0n) is 19.0. The van der Waals surface area contributed by atoms with Gasteiger partial charge in [-0.15, -0.1) is 0 Å². The fourth-order valence-corrected chi connectivity index (χ4v) is 3.81. The van der Waals surface area contributed by atoms with E-state index >= 15 is 0 Å². The minimum absolute atomic E-state index is 0.0579. The van der Waals surface area contributed by atoms with Crippen LogP contribution in [0.5, 0.6) is 0 Å². The van der Waals surface area contributed by atoms with Gasteiger partial charge in [0.05, 0.1) is 23.1 Å². The Labute approximate surface area is 192 Å². The van der Waals surface area contributed by atoms with Crippen molar-refractivity contribution in [3.05, 3.63) is 83.7 Å². The van der Waals surface area contributed by atoms with Crippen LogP contribution in [0, 0.1) is 5.82 Å². The molecule has 7 nitrogen and oxygen atoms in total. The first-order valence-electron chi connectivity index (χ1n) is 11.0. The Bertz CT molecular complexity index is 1210. The number of hydrogen-bond donors (Lipinski definition) is 1. The summed E-state index contributed by atoms with van der Waals surface area (Å²) < 4.78 is 14.9. The number of benzene rings is 1. The molecule has 0 aliphatic rings. The lowest BCUT2D eigenvalue weighted by atomic mass is 10.0. The molecule has 0 fully saturated rings. The highest BCUT2D eigenvalue weighted by Crippen LogP contribution is 2.23. The molecule has 0 aliphatic heterocycles. The Morgan fingerprint density at radius 2 is 1.97 bits per heavy atom. The Kier molecular flexibility index (Phi) is 6.63. The molecule has 0 aliphatic carbocycles. The topological polar surface area (TPSA) is 79.7 Å². The number of halogens is 1. The average molecular weight is 447 g/mol. The van der Waals surface area contributed by atoms with E-state index in [1.165, 1.54) is 12.1 Å². The van der Waals surface area contributed by atoms with Gasteiger partial charge in [0, 0.05) is 31.0 Å². The van der Waals surface area contributed by atoms with E-state index < -0.39 is 0 Å². The SMILES string of the molecule is CC(C)c1c(C(=O)N(C)CCCc2cc(-c3ccc(F)cc3)n[nH]2)cnn1-c1ccccn1. The maximum atomic E-state index is 13.2. The quantitative estimate of drug-likeness (QED) is 0.428. The molecule has 4 aromatic rings. The summed E-state index contributed by atoms with van der Waals surface area (Å²) in [6, 6.07) is 13.9. The van der Waals surface area contributed by atoms with Gasteiger partial charge in [-0.2, -0.15) is 10.2 Å². The maximum absolute atomic E-state index is 13.2. The molecule has 0 saturated carbocycles. The van der Waals surface area contributed by atoms with Gasteiger partial charge < -0.3 is 4.90 Å². The van der Waals surface area contributed by atoms with Crippen molar-refractivity contribution in [2.45, 2.75) is 32.6 Å². The predicted octanol–water partition coefficient (Wildman–Crippen LogP) is 4.62. The monoisotopic (exact) mass is 446 g/mol. The van der Waals surface area contributed by atoms with Crippen LogP contribution >= 0.6 is 0 Å². The summed E-state index contributed by atoms with van der Waals surface area (Å²) in [5.74, 6) is 0.474. The molecule has 3 heterocycles. The maximum Gasteiger partial charge on any atom is 0.257 e. The number of nitrogens with zero attached hydrogens (tertiary/aromatic N) is 5. The number of amides is 1. The third-order valence-corrected chi connectivity index (χ3v) is 5.51. The van der Waals surface area contributed by atoms with E-state index in [2.05, 4.69) is 20.3 Å². The van der Waals surface area contributed by atoms with E-state index in [0.717, 1.165) is 35.5 Å². The van der Waals surface area contributed by atoms with E-state index in [4.69, 9.17) is 0 Å². The van der Waals surface area contributed by atoms with Crippen LogP contribution in [0.15, 0.2) is 60.9 Å². The first-order chi connectivity index (χ1) is 15.9. The average Bonchev–Trinajstić information content (AvgIpc) is 3.47. The minimum atomic E-state index is -0.270. The molecule has 1 amide bonds. The molecule has 3 aromatic heterocycles. The molecule has 0 atom stereocenters. The molecule has 8 heteroatoms. The smallest absolute Gasteiger partial charge is 0.257 e. The number of aryl methyl sites for hydroxylation is 1. The van der Waals surface area contributed by atoms with Crippen molar-refractivity contribution in [1.82, 2.24) is 29.9 Å². The Balaban J connectivity index is 1.39. The van der Waals surface area contributed by atoms with Crippen LogP contribution in [0.1, 0.15) is 47.9 Å². The molecule has 1 N–H and O–H groups in total. The van der Waals surface area contributed by atoms with Crippen LogP contribution in [0.2, 0.25) is 0 Å². The lowest BCUT2D eigenvalue weighted by molar-refractivity contribution is 0.0792. The standard InChI is InChI=1S/C25H27FN6O/c1-17(2)24-21(16-28-32(24)23-8-4-5-13-27-23)25(33)31(3)14-6-7-20-15-22(30-29-20)18-9-11-19(26)12-10-18/h4-5,8-13,15-17H,6-7,14H2,1-3H3,(H,29,30). The van der Waals surface area contributed by atoms with Crippen molar-refractivity contribution in [1.29, 1.82) is 0 Å². The van der Waals surface area contributed by atoms with Gasteiger partial charge in [-0.3, -0.25) is 9.89 Å². The lowest BCUT2D eigenvalue weighted by Crippen LogP contribution is -2.29. The van der Waals surface area contributed by atoms with E-state index in [9.17, 15) is 9.18 Å². The summed E-state index contributed by atoms with van der Waals surface area (Å²) >= 11 is 0. The fourth-order valence-electron chi connectivity index (χ4n) is 3.81. The Morgan fingerprint density at radius 3 is 2.67 bits per heavy atom. The molecule has 0 saturated heterocycles. The van der Waals surface area contributed by atoms with Gasteiger partial charge in [-0.25, -0.2) is 14.1 Å². The van der Waals surface area contributed by atoms with Crippen LogP contribution in [0.25, 0.3) is 17.1 Å². The molecule has 1 aromatic carbocycles. The summed E-state index contributed by atoms with van der Waals surface area (Å²) in [5, 5.41) is 11.8. The molecular weight excluding hydrogens is 419 g/mol. The summed E-state index contributed by atoms with van der Waals surface area (Å²) in [6.45, 7) is 4.68. The third kappa shape index (κ3) is 5.00. The van der Waals surface area contributed by atoms with E-state index in [1.807, 2.05) is 38.1 Å². The summed E-state index contributed by atoms with van der Waals surface area (Å²) in [7, 11) is 1.81. The molecule has 170 valence electrons. The van der Waals surface area contributed by atoms with Crippen molar-refractivity contribution < 1.29 is 9.18 Å². The predicted molar refractivity (Wildman–Crippen MR) is 125 cm³/mol. The highest BCUT2D eigenvalue weighted by Gasteiger charge is 2.23. The van der Waals surface area contributed by atoms with Crippen molar-refractivity contribution in [3.8, 4) is 17.1 Å². The van der Waals surface area contributed by atoms with Gasteiger partial charge in [0.1, 0.15) is 5.82 Å². The van der Waals surface area contributed by atoms with E-state index in [1.54, 1.807) is 41.2 Å². The van der Waals surface area contributed by atoms with Crippen LogP contribution < -0.4 is 0 Å². The summed E-state index contributed by atoms with van der Waals surface area (Å²) in [6.07, 6.45) is 4.87. The Hall–Kier alpha value is -3.81. The highest BCUT2D eigenvalue weighted by atomic mass is 19.1. The molecule has 0 bridgehead atoms. The number of pyridine rings is 1. The van der Waals surface area contributed by atoms with Crippen LogP contribution in [-0.4, -0.2) is 49.4 Å². The molecule has 0 unspecified atom stereocenters. The fraction of sp³-hybridized carbons (Fsp3) is 0.280. The second kappa shape index (κ2) is 9.77. The number of rotatable bonds is 8. The Morgan fingerprint density at radius 1 is 1.18 bits per heavy atom.